The fourth-order valence-electron chi connectivity index (χ4n) is 2.32. The van der Waals surface area contributed by atoms with Crippen LogP contribution in [0.3, 0.4) is 0 Å². The summed E-state index contributed by atoms with van der Waals surface area (Å²) >= 11 is 0. The zero-order chi connectivity index (χ0) is 15.6. The van der Waals surface area contributed by atoms with E-state index >= 15 is 0 Å². The largest absolute Gasteiger partial charge is 0.469 e. The third-order valence-electron chi connectivity index (χ3n) is 3.38. The molecule has 1 aliphatic heterocycles. The first-order valence-electron chi connectivity index (χ1n) is 6.33. The summed E-state index contributed by atoms with van der Waals surface area (Å²) in [5.41, 5.74) is -0.375. The van der Waals surface area contributed by atoms with Crippen molar-refractivity contribution in [1.29, 1.82) is 0 Å². The van der Waals surface area contributed by atoms with E-state index in [4.69, 9.17) is 0 Å². The van der Waals surface area contributed by atoms with Crippen LogP contribution >= 0.6 is 0 Å². The van der Waals surface area contributed by atoms with Crippen LogP contribution in [0.25, 0.3) is 0 Å². The third-order valence-corrected chi connectivity index (χ3v) is 3.38. The zero-order valence-electron chi connectivity index (χ0n) is 11.3. The first kappa shape index (κ1) is 15.3. The predicted molar refractivity (Wildman–Crippen MR) is 67.0 cm³/mol. The standard InChI is InChI=1S/C14H14F3NO3/c1-21-13(20)10-6-12(19)18(8-10)7-9-3-2-4-11(5-9)14(15,16)17/h2-5,10H,6-8H2,1H3. The lowest BCUT2D eigenvalue weighted by Gasteiger charge is -2.17. The van der Waals surface area contributed by atoms with Crippen molar-refractivity contribution in [1.82, 2.24) is 4.90 Å². The number of likely N-dealkylation sites (tertiary alicyclic amines) is 1. The third kappa shape index (κ3) is 3.53. The molecule has 4 nitrogen and oxygen atoms in total. The number of nitrogens with zero attached hydrogens (tertiary/aromatic N) is 1. The van der Waals surface area contributed by atoms with Crippen molar-refractivity contribution in [2.75, 3.05) is 13.7 Å². The number of amides is 1. The van der Waals surface area contributed by atoms with E-state index in [0.717, 1.165) is 12.1 Å². The Morgan fingerprint density at radius 3 is 2.76 bits per heavy atom. The van der Waals surface area contributed by atoms with E-state index in [1.807, 2.05) is 0 Å². The van der Waals surface area contributed by atoms with E-state index in [1.54, 1.807) is 0 Å². The number of benzene rings is 1. The Balaban J connectivity index is 2.09. The molecule has 0 saturated carbocycles. The molecule has 7 heteroatoms. The Labute approximate surface area is 119 Å². The van der Waals surface area contributed by atoms with Gasteiger partial charge in [0.25, 0.3) is 0 Å². The Morgan fingerprint density at radius 2 is 2.14 bits per heavy atom. The van der Waals surface area contributed by atoms with Gasteiger partial charge in [-0.05, 0) is 17.7 Å². The summed E-state index contributed by atoms with van der Waals surface area (Å²) in [6.07, 6.45) is -4.38. The molecule has 1 fully saturated rings. The monoisotopic (exact) mass is 301 g/mol. The molecular weight excluding hydrogens is 287 g/mol. The summed E-state index contributed by atoms with van der Waals surface area (Å²) in [6, 6.07) is 4.82. The minimum atomic E-state index is -4.42. The number of hydrogen-bond acceptors (Lipinski definition) is 3. The summed E-state index contributed by atoms with van der Waals surface area (Å²) in [5.74, 6) is -1.29. The van der Waals surface area contributed by atoms with Crippen LogP contribution in [-0.4, -0.2) is 30.4 Å². The van der Waals surface area contributed by atoms with Gasteiger partial charge in [0, 0.05) is 19.5 Å². The highest BCUT2D eigenvalue weighted by Crippen LogP contribution is 2.30. The summed E-state index contributed by atoms with van der Waals surface area (Å²) in [7, 11) is 1.24. The van der Waals surface area contributed by atoms with Crippen LogP contribution in [-0.2, 0) is 27.0 Å². The average molecular weight is 301 g/mol. The molecule has 1 aromatic rings. The minimum absolute atomic E-state index is 0.0334. The summed E-state index contributed by atoms with van der Waals surface area (Å²) in [4.78, 5) is 24.6. The number of rotatable bonds is 3. The first-order chi connectivity index (χ1) is 9.81. The summed E-state index contributed by atoms with van der Waals surface area (Å²) in [5, 5.41) is 0. The molecule has 1 atom stereocenters. The van der Waals surface area contributed by atoms with Gasteiger partial charge in [0.15, 0.2) is 0 Å². The molecule has 2 rings (SSSR count). The number of carbonyl (C=O) groups excluding carboxylic acids is 2. The van der Waals surface area contributed by atoms with Gasteiger partial charge in [0.1, 0.15) is 0 Å². The van der Waals surface area contributed by atoms with Crippen LogP contribution in [0.2, 0.25) is 0 Å². The zero-order valence-corrected chi connectivity index (χ0v) is 11.3. The van der Waals surface area contributed by atoms with Crippen molar-refractivity contribution < 1.29 is 27.5 Å². The molecule has 0 aromatic heterocycles. The smallest absolute Gasteiger partial charge is 0.416 e. The van der Waals surface area contributed by atoms with Gasteiger partial charge in [-0.1, -0.05) is 12.1 Å². The van der Waals surface area contributed by atoms with Gasteiger partial charge in [-0.3, -0.25) is 9.59 Å². The normalized spacial score (nSPS) is 19.0. The topological polar surface area (TPSA) is 46.6 Å². The molecule has 0 radical (unpaired) electrons. The number of halogens is 3. The van der Waals surface area contributed by atoms with Crippen LogP contribution < -0.4 is 0 Å². The van der Waals surface area contributed by atoms with Gasteiger partial charge >= 0.3 is 12.1 Å². The molecule has 0 spiro atoms. The molecule has 0 bridgehead atoms. The highest BCUT2D eigenvalue weighted by molar-refractivity contribution is 5.86. The SMILES string of the molecule is COC(=O)C1CC(=O)N(Cc2cccc(C(F)(F)F)c2)C1. The molecule has 1 saturated heterocycles. The number of esters is 1. The lowest BCUT2D eigenvalue weighted by Crippen LogP contribution is -2.26. The molecular formula is C14H14F3NO3. The number of carbonyl (C=O) groups is 2. The van der Waals surface area contributed by atoms with Crippen molar-refractivity contribution >= 4 is 11.9 Å². The van der Waals surface area contributed by atoms with Crippen molar-refractivity contribution in [2.24, 2.45) is 5.92 Å². The van der Waals surface area contributed by atoms with Crippen LogP contribution in [0, 0.1) is 5.92 Å². The number of ether oxygens (including phenoxy) is 1. The predicted octanol–water partition coefficient (Wildman–Crippen LogP) is 2.23. The average Bonchev–Trinajstić information content (AvgIpc) is 2.79. The summed E-state index contributed by atoms with van der Waals surface area (Å²) in [6.45, 7) is 0.220. The van der Waals surface area contributed by atoms with E-state index < -0.39 is 23.6 Å². The van der Waals surface area contributed by atoms with E-state index in [-0.39, 0.29) is 25.4 Å². The maximum Gasteiger partial charge on any atom is 0.416 e. The van der Waals surface area contributed by atoms with Crippen molar-refractivity contribution in [3.63, 3.8) is 0 Å². The van der Waals surface area contributed by atoms with E-state index in [1.165, 1.54) is 24.1 Å². The van der Waals surface area contributed by atoms with E-state index in [9.17, 15) is 22.8 Å². The van der Waals surface area contributed by atoms with E-state index in [2.05, 4.69) is 4.74 Å². The minimum Gasteiger partial charge on any atom is -0.469 e. The first-order valence-corrected chi connectivity index (χ1v) is 6.33. The van der Waals surface area contributed by atoms with Gasteiger partial charge < -0.3 is 9.64 Å². The van der Waals surface area contributed by atoms with Crippen molar-refractivity contribution in [2.45, 2.75) is 19.1 Å². The van der Waals surface area contributed by atoms with Gasteiger partial charge in [0.2, 0.25) is 5.91 Å². The maximum atomic E-state index is 12.6. The highest BCUT2D eigenvalue weighted by atomic mass is 19.4. The highest BCUT2D eigenvalue weighted by Gasteiger charge is 2.35. The lowest BCUT2D eigenvalue weighted by atomic mass is 10.1. The Kier molecular flexibility index (Phi) is 4.20. The van der Waals surface area contributed by atoms with Gasteiger partial charge in [-0.25, -0.2) is 0 Å². The van der Waals surface area contributed by atoms with Crippen molar-refractivity contribution in [3.05, 3.63) is 35.4 Å². The van der Waals surface area contributed by atoms with Gasteiger partial charge in [0.05, 0.1) is 18.6 Å². The Bertz CT molecular complexity index is 557. The maximum absolute atomic E-state index is 12.6. The van der Waals surface area contributed by atoms with Crippen LogP contribution in [0.5, 0.6) is 0 Å². The number of hydrogen-bond donors (Lipinski definition) is 0. The fourth-order valence-corrected chi connectivity index (χ4v) is 2.32. The molecule has 21 heavy (non-hydrogen) atoms. The summed E-state index contributed by atoms with van der Waals surface area (Å²) < 4.78 is 42.5. The molecule has 1 aromatic carbocycles. The Morgan fingerprint density at radius 1 is 1.43 bits per heavy atom. The number of alkyl halides is 3. The lowest BCUT2D eigenvalue weighted by molar-refractivity contribution is -0.145. The Hall–Kier alpha value is -2.05. The fraction of sp³-hybridized carbons (Fsp3) is 0.429. The molecule has 0 N–H and O–H groups in total. The van der Waals surface area contributed by atoms with Crippen LogP contribution in [0.4, 0.5) is 13.2 Å². The molecule has 1 amide bonds. The van der Waals surface area contributed by atoms with Crippen LogP contribution in [0.15, 0.2) is 24.3 Å². The second-order valence-electron chi connectivity index (χ2n) is 4.90. The molecule has 0 aliphatic carbocycles. The molecule has 1 unspecified atom stereocenters. The quantitative estimate of drug-likeness (QED) is 0.804. The second-order valence-corrected chi connectivity index (χ2v) is 4.90. The number of methoxy groups -OCH3 is 1. The van der Waals surface area contributed by atoms with Crippen molar-refractivity contribution in [3.8, 4) is 0 Å². The molecule has 1 aliphatic rings. The molecule has 1 heterocycles. The second kappa shape index (κ2) is 5.75. The van der Waals surface area contributed by atoms with E-state index in [0.29, 0.717) is 5.56 Å². The van der Waals surface area contributed by atoms with Gasteiger partial charge in [-0.15, -0.1) is 0 Å². The molecule has 114 valence electrons. The van der Waals surface area contributed by atoms with Gasteiger partial charge in [-0.2, -0.15) is 13.2 Å². The van der Waals surface area contributed by atoms with Crippen LogP contribution in [0.1, 0.15) is 17.5 Å².